The van der Waals surface area contributed by atoms with Crippen molar-refractivity contribution in [3.8, 4) is 5.69 Å². The highest BCUT2D eigenvalue weighted by Gasteiger charge is 2.28. The van der Waals surface area contributed by atoms with Crippen LogP contribution in [0.1, 0.15) is 34.1 Å². The third-order valence-corrected chi connectivity index (χ3v) is 6.79. The molecule has 4 rings (SSSR count). The molecule has 0 saturated carbocycles. The molecule has 0 bridgehead atoms. The molecule has 1 aliphatic carbocycles. The van der Waals surface area contributed by atoms with E-state index in [1.807, 2.05) is 0 Å². The fourth-order valence-corrected chi connectivity index (χ4v) is 5.31. The summed E-state index contributed by atoms with van der Waals surface area (Å²) in [4.78, 5) is 25.7. The number of fused-ring (bicyclic) bond motifs is 1. The smallest absolute Gasteiger partial charge is 0.251 e. The number of benzene rings is 1. The maximum Gasteiger partial charge on any atom is 0.251 e. The lowest BCUT2D eigenvalue weighted by molar-refractivity contribution is -0.115. The van der Waals surface area contributed by atoms with E-state index in [2.05, 4.69) is 20.8 Å². The normalized spacial score (nSPS) is 13.9. The molecule has 1 atom stereocenters. The Morgan fingerprint density at radius 2 is 2.21 bits per heavy atom. The first-order chi connectivity index (χ1) is 13.9. The van der Waals surface area contributed by atoms with E-state index in [-0.39, 0.29) is 5.91 Å². The Morgan fingerprint density at radius 3 is 2.97 bits per heavy atom. The molecular formula is C18H17FN6O2S2. The lowest BCUT2D eigenvalue weighted by atomic mass is 10.1. The van der Waals surface area contributed by atoms with E-state index >= 15 is 0 Å². The molecule has 2 amide bonds. The highest BCUT2D eigenvalue weighted by Crippen LogP contribution is 2.39. The molecule has 29 heavy (non-hydrogen) atoms. The SMILES string of the molecule is CC(Sc1nnnn1-c1cccc(F)c1)C(=O)Nc1sc2c(c1C(N)=O)CCC2. The van der Waals surface area contributed by atoms with E-state index in [0.29, 0.717) is 21.4 Å². The first-order valence-electron chi connectivity index (χ1n) is 8.90. The fraction of sp³-hybridized carbons (Fsp3) is 0.278. The zero-order valence-electron chi connectivity index (χ0n) is 15.4. The first kappa shape index (κ1) is 19.5. The Bertz CT molecular complexity index is 1100. The average Bonchev–Trinajstić information content (AvgIpc) is 3.37. The van der Waals surface area contributed by atoms with E-state index in [0.717, 1.165) is 41.5 Å². The number of carbonyl (C=O) groups is 2. The molecular weight excluding hydrogens is 415 g/mol. The number of thiophene rings is 1. The molecule has 0 saturated heterocycles. The van der Waals surface area contributed by atoms with Crippen molar-refractivity contribution < 1.29 is 14.0 Å². The number of nitrogens with zero attached hydrogens (tertiary/aromatic N) is 4. The van der Waals surface area contributed by atoms with Crippen LogP contribution in [-0.2, 0) is 17.6 Å². The third kappa shape index (κ3) is 3.87. The summed E-state index contributed by atoms with van der Waals surface area (Å²) in [6.07, 6.45) is 2.68. The van der Waals surface area contributed by atoms with E-state index in [4.69, 9.17) is 5.73 Å². The van der Waals surface area contributed by atoms with Crippen molar-refractivity contribution in [2.24, 2.45) is 5.73 Å². The second-order valence-electron chi connectivity index (χ2n) is 6.53. The average molecular weight is 433 g/mol. The molecule has 3 N–H and O–H groups in total. The van der Waals surface area contributed by atoms with Crippen LogP contribution >= 0.6 is 23.1 Å². The van der Waals surface area contributed by atoms with Gasteiger partial charge in [0.25, 0.3) is 5.91 Å². The summed E-state index contributed by atoms with van der Waals surface area (Å²) in [5.41, 5.74) is 7.36. The summed E-state index contributed by atoms with van der Waals surface area (Å²) in [5.74, 6) is -1.24. The molecule has 2 heterocycles. The van der Waals surface area contributed by atoms with Crippen LogP contribution in [0.3, 0.4) is 0 Å². The monoisotopic (exact) mass is 432 g/mol. The summed E-state index contributed by atoms with van der Waals surface area (Å²) in [6.45, 7) is 1.70. The van der Waals surface area contributed by atoms with Gasteiger partial charge in [0.1, 0.15) is 10.8 Å². The maximum atomic E-state index is 13.5. The van der Waals surface area contributed by atoms with Gasteiger partial charge in [0.2, 0.25) is 11.1 Å². The van der Waals surface area contributed by atoms with Gasteiger partial charge in [0, 0.05) is 4.88 Å². The number of hydrogen-bond donors (Lipinski definition) is 2. The van der Waals surface area contributed by atoms with Gasteiger partial charge in [-0.3, -0.25) is 9.59 Å². The number of aryl methyl sites for hydroxylation is 1. The predicted molar refractivity (Wildman–Crippen MR) is 108 cm³/mol. The minimum atomic E-state index is -0.564. The highest BCUT2D eigenvalue weighted by molar-refractivity contribution is 8.00. The van der Waals surface area contributed by atoms with E-state index < -0.39 is 17.0 Å². The molecule has 1 unspecified atom stereocenters. The number of carbonyl (C=O) groups excluding carboxylic acids is 2. The van der Waals surface area contributed by atoms with E-state index in [1.54, 1.807) is 19.1 Å². The lowest BCUT2D eigenvalue weighted by Crippen LogP contribution is -2.24. The molecule has 150 valence electrons. The minimum Gasteiger partial charge on any atom is -0.365 e. The van der Waals surface area contributed by atoms with Gasteiger partial charge in [-0.15, -0.1) is 16.4 Å². The van der Waals surface area contributed by atoms with Crippen molar-refractivity contribution in [3.05, 3.63) is 46.1 Å². The second kappa shape index (κ2) is 7.91. The quantitative estimate of drug-likeness (QED) is 0.579. The zero-order chi connectivity index (χ0) is 20.5. The number of thioether (sulfide) groups is 1. The Kier molecular flexibility index (Phi) is 5.33. The zero-order valence-corrected chi connectivity index (χ0v) is 17.0. The van der Waals surface area contributed by atoms with Crippen LogP contribution in [0.25, 0.3) is 5.69 Å². The van der Waals surface area contributed by atoms with Gasteiger partial charge in [-0.05, 0) is 60.4 Å². The number of nitrogens with one attached hydrogen (secondary N) is 1. The largest absolute Gasteiger partial charge is 0.365 e. The summed E-state index contributed by atoms with van der Waals surface area (Å²) >= 11 is 2.53. The second-order valence-corrected chi connectivity index (χ2v) is 8.94. The molecule has 0 aliphatic heterocycles. The molecule has 1 aliphatic rings. The minimum absolute atomic E-state index is 0.300. The predicted octanol–water partition coefficient (Wildman–Crippen LogP) is 2.57. The number of hydrogen-bond acceptors (Lipinski definition) is 7. The van der Waals surface area contributed by atoms with Crippen molar-refractivity contribution in [2.45, 2.75) is 36.6 Å². The number of rotatable bonds is 6. The number of halogens is 1. The van der Waals surface area contributed by atoms with Gasteiger partial charge in [0.05, 0.1) is 16.5 Å². The number of tetrazole rings is 1. The highest BCUT2D eigenvalue weighted by atomic mass is 32.2. The Hall–Kier alpha value is -2.79. The number of aromatic nitrogens is 4. The van der Waals surface area contributed by atoms with Gasteiger partial charge in [-0.25, -0.2) is 4.39 Å². The molecule has 0 fully saturated rings. The van der Waals surface area contributed by atoms with Gasteiger partial charge in [0.15, 0.2) is 0 Å². The molecule has 0 spiro atoms. The van der Waals surface area contributed by atoms with Crippen molar-refractivity contribution in [1.82, 2.24) is 20.2 Å². The van der Waals surface area contributed by atoms with Crippen LogP contribution in [0, 0.1) is 5.82 Å². The molecule has 3 aromatic rings. The van der Waals surface area contributed by atoms with Crippen molar-refractivity contribution in [3.63, 3.8) is 0 Å². The summed E-state index contributed by atoms with van der Waals surface area (Å²) < 4.78 is 14.9. The van der Waals surface area contributed by atoms with Gasteiger partial charge < -0.3 is 11.1 Å². The molecule has 8 nitrogen and oxygen atoms in total. The number of amides is 2. The Labute approximate surface area is 173 Å². The van der Waals surface area contributed by atoms with Crippen molar-refractivity contribution in [1.29, 1.82) is 0 Å². The topological polar surface area (TPSA) is 116 Å². The standard InChI is InChI=1S/C18H17FN6O2S2/c1-9(28-18-22-23-24-25(18)11-5-2-4-10(19)8-11)16(27)21-17-14(15(20)26)12-6-3-7-13(12)29-17/h2,4-5,8-9H,3,6-7H2,1H3,(H2,20,26)(H,21,27). The van der Waals surface area contributed by atoms with Gasteiger partial charge in [-0.1, -0.05) is 17.8 Å². The van der Waals surface area contributed by atoms with Crippen LogP contribution in [0.4, 0.5) is 9.39 Å². The summed E-state index contributed by atoms with van der Waals surface area (Å²) in [6, 6.07) is 5.85. The van der Waals surface area contributed by atoms with Gasteiger partial charge >= 0.3 is 0 Å². The first-order valence-corrected chi connectivity index (χ1v) is 10.6. The molecule has 0 radical (unpaired) electrons. The third-order valence-electron chi connectivity index (χ3n) is 4.55. The molecule has 11 heteroatoms. The van der Waals surface area contributed by atoms with Crippen LogP contribution in [-0.4, -0.2) is 37.3 Å². The van der Waals surface area contributed by atoms with E-state index in [9.17, 15) is 14.0 Å². The van der Waals surface area contributed by atoms with Crippen LogP contribution in [0.15, 0.2) is 29.4 Å². The number of nitrogens with two attached hydrogens (primary N) is 1. The maximum absolute atomic E-state index is 13.5. The van der Waals surface area contributed by atoms with Crippen molar-refractivity contribution >= 4 is 39.9 Å². The van der Waals surface area contributed by atoms with Gasteiger partial charge in [-0.2, -0.15) is 4.68 Å². The Balaban J connectivity index is 1.51. The Morgan fingerprint density at radius 1 is 1.38 bits per heavy atom. The molecule has 1 aromatic carbocycles. The number of anilines is 1. The number of primary amides is 1. The summed E-state index contributed by atoms with van der Waals surface area (Å²) in [7, 11) is 0. The van der Waals surface area contributed by atoms with Crippen LogP contribution < -0.4 is 11.1 Å². The van der Waals surface area contributed by atoms with Crippen LogP contribution in [0.2, 0.25) is 0 Å². The molecule has 2 aromatic heterocycles. The lowest BCUT2D eigenvalue weighted by Gasteiger charge is -2.12. The summed E-state index contributed by atoms with van der Waals surface area (Å²) in [5, 5.41) is 14.5. The fourth-order valence-electron chi connectivity index (χ4n) is 3.20. The van der Waals surface area contributed by atoms with Crippen LogP contribution in [0.5, 0.6) is 0 Å². The van der Waals surface area contributed by atoms with Crippen molar-refractivity contribution in [2.75, 3.05) is 5.32 Å². The van der Waals surface area contributed by atoms with E-state index in [1.165, 1.54) is 28.2 Å².